The lowest BCUT2D eigenvalue weighted by Gasteiger charge is -2.25. The minimum Gasteiger partial charge on any atom is -0.481 e. The van der Waals surface area contributed by atoms with Crippen molar-refractivity contribution in [3.63, 3.8) is 0 Å². The van der Waals surface area contributed by atoms with E-state index in [0.29, 0.717) is 13.0 Å². The van der Waals surface area contributed by atoms with Gasteiger partial charge in [0.15, 0.2) is 0 Å². The molecule has 0 radical (unpaired) electrons. The number of benzene rings is 1. The first-order chi connectivity index (χ1) is 10.1. The average molecular weight is 302 g/mol. The van der Waals surface area contributed by atoms with Crippen molar-refractivity contribution in [2.24, 2.45) is 0 Å². The summed E-state index contributed by atoms with van der Waals surface area (Å²) in [5, 5.41) is 9.77. The van der Waals surface area contributed by atoms with Gasteiger partial charge in [-0.3, -0.25) is 9.69 Å². The van der Waals surface area contributed by atoms with Crippen LogP contribution in [0.3, 0.4) is 0 Å². The van der Waals surface area contributed by atoms with Crippen LogP contribution >= 0.6 is 11.5 Å². The molecular formula is C16H18N2O2S. The lowest BCUT2D eigenvalue weighted by atomic mass is 9.80. The monoisotopic (exact) mass is 302 g/mol. The van der Waals surface area contributed by atoms with E-state index >= 15 is 0 Å². The zero-order valence-electron chi connectivity index (χ0n) is 12.0. The molecule has 21 heavy (non-hydrogen) atoms. The van der Waals surface area contributed by atoms with E-state index in [4.69, 9.17) is 0 Å². The Bertz CT molecular complexity index is 641. The minimum atomic E-state index is -0.777. The van der Waals surface area contributed by atoms with Crippen molar-refractivity contribution in [2.45, 2.75) is 25.3 Å². The van der Waals surface area contributed by atoms with Crippen molar-refractivity contribution in [2.75, 3.05) is 13.1 Å². The lowest BCUT2D eigenvalue weighted by molar-refractivity contribution is -0.143. The van der Waals surface area contributed by atoms with Gasteiger partial charge in [-0.05, 0) is 36.5 Å². The molecule has 0 bridgehead atoms. The number of rotatable bonds is 4. The van der Waals surface area contributed by atoms with Gasteiger partial charge >= 0.3 is 5.97 Å². The highest BCUT2D eigenvalue weighted by atomic mass is 32.1. The SMILES string of the molecule is Cc1cc(CN2CCC(C(=O)O)(c3ccccc3)C2)sn1. The van der Waals surface area contributed by atoms with Gasteiger partial charge in [0.2, 0.25) is 0 Å². The van der Waals surface area contributed by atoms with Gasteiger partial charge in [0, 0.05) is 24.5 Å². The van der Waals surface area contributed by atoms with Gasteiger partial charge in [-0.1, -0.05) is 30.3 Å². The summed E-state index contributed by atoms with van der Waals surface area (Å²) in [5.41, 5.74) is 1.16. The molecule has 2 heterocycles. The summed E-state index contributed by atoms with van der Waals surface area (Å²) in [7, 11) is 0. The fourth-order valence-corrected chi connectivity index (χ4v) is 3.80. The highest BCUT2D eigenvalue weighted by Crippen LogP contribution is 2.35. The summed E-state index contributed by atoms with van der Waals surface area (Å²) >= 11 is 1.50. The third-order valence-electron chi connectivity index (χ3n) is 4.14. The molecule has 0 spiro atoms. The predicted octanol–water partition coefficient (Wildman–Crippen LogP) is 2.68. The maximum Gasteiger partial charge on any atom is 0.315 e. The molecule has 2 aromatic rings. The van der Waals surface area contributed by atoms with Crippen LogP contribution < -0.4 is 0 Å². The molecule has 5 heteroatoms. The molecule has 1 aromatic heterocycles. The maximum atomic E-state index is 11.9. The molecule has 1 atom stereocenters. The highest BCUT2D eigenvalue weighted by Gasteiger charge is 2.46. The fourth-order valence-electron chi connectivity index (χ4n) is 3.03. The molecule has 1 unspecified atom stereocenters. The van der Waals surface area contributed by atoms with E-state index in [-0.39, 0.29) is 0 Å². The highest BCUT2D eigenvalue weighted by molar-refractivity contribution is 7.05. The Balaban J connectivity index is 1.80. The molecule has 110 valence electrons. The Morgan fingerprint density at radius 3 is 2.81 bits per heavy atom. The Hall–Kier alpha value is -1.72. The number of aryl methyl sites for hydroxylation is 1. The number of carbonyl (C=O) groups is 1. The zero-order valence-corrected chi connectivity index (χ0v) is 12.8. The normalized spacial score (nSPS) is 22.5. The predicted molar refractivity (Wildman–Crippen MR) is 82.5 cm³/mol. The molecule has 1 aliphatic heterocycles. The van der Waals surface area contributed by atoms with Gasteiger partial charge in [-0.25, -0.2) is 0 Å². The third-order valence-corrected chi connectivity index (χ3v) is 5.00. The largest absolute Gasteiger partial charge is 0.481 e. The first-order valence-corrected chi connectivity index (χ1v) is 7.81. The molecule has 1 N–H and O–H groups in total. The van der Waals surface area contributed by atoms with Gasteiger partial charge in [0.05, 0.1) is 5.69 Å². The molecule has 1 aliphatic rings. The first-order valence-electron chi connectivity index (χ1n) is 7.04. The maximum absolute atomic E-state index is 11.9. The van der Waals surface area contributed by atoms with Gasteiger partial charge in [-0.15, -0.1) is 0 Å². The van der Waals surface area contributed by atoms with Crippen LogP contribution in [0.1, 0.15) is 22.6 Å². The van der Waals surface area contributed by atoms with E-state index in [1.807, 2.05) is 37.3 Å². The molecule has 1 fully saturated rings. The van der Waals surface area contributed by atoms with Gasteiger partial charge in [0.25, 0.3) is 0 Å². The van der Waals surface area contributed by atoms with Crippen LogP contribution in [0.25, 0.3) is 0 Å². The van der Waals surface area contributed by atoms with Crippen molar-refractivity contribution >= 4 is 17.5 Å². The molecule has 0 saturated carbocycles. The fraction of sp³-hybridized carbons (Fsp3) is 0.375. The molecule has 4 nitrogen and oxygen atoms in total. The number of hydrogen-bond donors (Lipinski definition) is 1. The number of carboxylic acids is 1. The number of hydrogen-bond acceptors (Lipinski definition) is 4. The zero-order chi connectivity index (χ0) is 14.9. The number of carboxylic acid groups (broad SMARTS) is 1. The number of nitrogens with zero attached hydrogens (tertiary/aromatic N) is 2. The topological polar surface area (TPSA) is 53.4 Å². The van der Waals surface area contributed by atoms with Crippen LogP contribution in [0, 0.1) is 6.92 Å². The second-order valence-electron chi connectivity index (χ2n) is 5.65. The smallest absolute Gasteiger partial charge is 0.315 e. The molecule has 0 aliphatic carbocycles. The molecule has 0 amide bonds. The average Bonchev–Trinajstić information content (AvgIpc) is 3.08. The quantitative estimate of drug-likeness (QED) is 0.943. The number of aromatic nitrogens is 1. The van der Waals surface area contributed by atoms with Crippen LogP contribution in [-0.2, 0) is 16.8 Å². The molecular weight excluding hydrogens is 284 g/mol. The standard InChI is InChI=1S/C16H18N2O2S/c1-12-9-14(21-17-12)10-18-8-7-16(11-18,15(19)20)13-5-3-2-4-6-13/h2-6,9H,7-8,10-11H2,1H3,(H,19,20). The lowest BCUT2D eigenvalue weighted by Crippen LogP contribution is -2.38. The van der Waals surface area contributed by atoms with Crippen LogP contribution in [-0.4, -0.2) is 33.4 Å². The summed E-state index contributed by atoms with van der Waals surface area (Å²) in [5.74, 6) is -0.725. The van der Waals surface area contributed by atoms with Crippen molar-refractivity contribution in [3.8, 4) is 0 Å². The third kappa shape index (κ3) is 2.71. The van der Waals surface area contributed by atoms with E-state index in [1.165, 1.54) is 16.4 Å². The minimum absolute atomic E-state index is 0.559. The number of likely N-dealkylation sites (tertiary alicyclic amines) is 1. The van der Waals surface area contributed by atoms with Crippen molar-refractivity contribution in [3.05, 3.63) is 52.5 Å². The van der Waals surface area contributed by atoms with Crippen molar-refractivity contribution < 1.29 is 9.90 Å². The van der Waals surface area contributed by atoms with Gasteiger partial charge in [-0.2, -0.15) is 4.37 Å². The Morgan fingerprint density at radius 1 is 1.43 bits per heavy atom. The summed E-state index contributed by atoms with van der Waals surface area (Å²) in [4.78, 5) is 15.3. The molecule has 3 rings (SSSR count). The van der Waals surface area contributed by atoms with Crippen molar-refractivity contribution in [1.29, 1.82) is 0 Å². The van der Waals surface area contributed by atoms with Crippen molar-refractivity contribution in [1.82, 2.24) is 9.27 Å². The second kappa shape index (κ2) is 5.58. The Labute approximate surface area is 128 Å². The van der Waals surface area contributed by atoms with Crippen LogP contribution in [0.5, 0.6) is 0 Å². The van der Waals surface area contributed by atoms with Crippen LogP contribution in [0.4, 0.5) is 0 Å². The second-order valence-corrected chi connectivity index (χ2v) is 6.54. The van der Waals surface area contributed by atoms with E-state index in [9.17, 15) is 9.90 Å². The molecule has 1 aromatic carbocycles. The van der Waals surface area contributed by atoms with E-state index in [1.54, 1.807) is 0 Å². The first kappa shape index (κ1) is 14.2. The van der Waals surface area contributed by atoms with E-state index in [0.717, 1.165) is 24.3 Å². The summed E-state index contributed by atoms with van der Waals surface area (Å²) in [6.07, 6.45) is 0.657. The van der Waals surface area contributed by atoms with Gasteiger partial charge in [0.1, 0.15) is 5.41 Å². The summed E-state index contributed by atoms with van der Waals surface area (Å²) < 4.78 is 4.29. The van der Waals surface area contributed by atoms with Crippen LogP contribution in [0.15, 0.2) is 36.4 Å². The summed E-state index contributed by atoms with van der Waals surface area (Å²) in [6.45, 7) is 4.13. The van der Waals surface area contributed by atoms with E-state index < -0.39 is 11.4 Å². The number of aliphatic carboxylic acids is 1. The van der Waals surface area contributed by atoms with Crippen LogP contribution in [0.2, 0.25) is 0 Å². The van der Waals surface area contributed by atoms with E-state index in [2.05, 4.69) is 15.3 Å². The summed E-state index contributed by atoms with van der Waals surface area (Å²) in [6, 6.07) is 11.7. The Morgan fingerprint density at radius 2 is 2.19 bits per heavy atom. The molecule has 1 saturated heterocycles. The van der Waals surface area contributed by atoms with Gasteiger partial charge < -0.3 is 5.11 Å². The Kier molecular flexibility index (Phi) is 3.78.